The van der Waals surface area contributed by atoms with Crippen LogP contribution in [0.3, 0.4) is 0 Å². The first kappa shape index (κ1) is 18.3. The predicted octanol–water partition coefficient (Wildman–Crippen LogP) is 3.16. The molecule has 0 amide bonds. The fourth-order valence-corrected chi connectivity index (χ4v) is 5.04. The van der Waals surface area contributed by atoms with E-state index in [1.165, 1.54) is 19.3 Å². The van der Waals surface area contributed by atoms with E-state index < -0.39 is 17.5 Å². The monoisotopic (exact) mass is 368 g/mol. The second-order valence-corrected chi connectivity index (χ2v) is 8.41. The van der Waals surface area contributed by atoms with Crippen molar-refractivity contribution in [1.82, 2.24) is 9.80 Å². The average Bonchev–Trinajstić information content (AvgIpc) is 2.91. The maximum Gasteiger partial charge on any atom is 0.194 e. The highest BCUT2D eigenvalue weighted by atomic mass is 19.2. The molecule has 0 radical (unpaired) electrons. The Hall–Kier alpha value is -1.11. The minimum atomic E-state index is -1.40. The first-order valence-corrected chi connectivity index (χ1v) is 9.71. The van der Waals surface area contributed by atoms with Crippen molar-refractivity contribution in [3.63, 3.8) is 0 Å². The van der Waals surface area contributed by atoms with Gasteiger partial charge in [0, 0.05) is 38.2 Å². The number of hydrogen-bond acceptors (Lipinski definition) is 3. The van der Waals surface area contributed by atoms with Gasteiger partial charge in [0.25, 0.3) is 0 Å². The standard InChI is InChI=1S/C20H27F3N2O/c21-17-8-14(9-18(22)19(17)23)10-24-6-4-20(5-7-24)13-25(11-15(20)12-26)16-2-1-3-16/h8-9,15-16,26H,1-7,10-13H2. The Morgan fingerprint density at radius 2 is 1.73 bits per heavy atom. The van der Waals surface area contributed by atoms with Gasteiger partial charge < -0.3 is 5.11 Å². The van der Waals surface area contributed by atoms with E-state index in [2.05, 4.69) is 9.80 Å². The van der Waals surface area contributed by atoms with Crippen molar-refractivity contribution in [3.8, 4) is 0 Å². The molecule has 6 heteroatoms. The van der Waals surface area contributed by atoms with Crippen LogP contribution in [-0.4, -0.2) is 53.7 Å². The molecule has 2 saturated heterocycles. The Balaban J connectivity index is 1.39. The molecule has 1 atom stereocenters. The van der Waals surface area contributed by atoms with Crippen molar-refractivity contribution >= 4 is 0 Å². The molecule has 4 rings (SSSR count). The van der Waals surface area contributed by atoms with Crippen molar-refractivity contribution in [2.45, 2.75) is 44.7 Å². The zero-order valence-electron chi connectivity index (χ0n) is 15.1. The van der Waals surface area contributed by atoms with E-state index in [1.807, 2.05) is 0 Å². The topological polar surface area (TPSA) is 26.7 Å². The summed E-state index contributed by atoms with van der Waals surface area (Å²) in [7, 11) is 0. The van der Waals surface area contributed by atoms with Gasteiger partial charge in [-0.2, -0.15) is 0 Å². The van der Waals surface area contributed by atoms with Crippen LogP contribution >= 0.6 is 0 Å². The van der Waals surface area contributed by atoms with Crippen LogP contribution in [0, 0.1) is 28.8 Å². The summed E-state index contributed by atoms with van der Waals surface area (Å²) in [5, 5.41) is 9.90. The third-order valence-electron chi connectivity index (χ3n) is 6.95. The minimum Gasteiger partial charge on any atom is -0.396 e. The molecule has 1 spiro atoms. The number of likely N-dealkylation sites (tertiary alicyclic amines) is 2. The molecular weight excluding hydrogens is 341 g/mol. The van der Waals surface area contributed by atoms with E-state index in [-0.39, 0.29) is 12.0 Å². The lowest BCUT2D eigenvalue weighted by molar-refractivity contribution is 0.0453. The fraction of sp³-hybridized carbons (Fsp3) is 0.700. The maximum atomic E-state index is 13.4. The normalized spacial score (nSPS) is 27.2. The van der Waals surface area contributed by atoms with E-state index in [0.717, 1.165) is 51.2 Å². The summed E-state index contributed by atoms with van der Waals surface area (Å²) >= 11 is 0. The molecule has 1 aromatic carbocycles. The first-order chi connectivity index (χ1) is 12.5. The van der Waals surface area contributed by atoms with Crippen molar-refractivity contribution < 1.29 is 18.3 Å². The molecule has 3 fully saturated rings. The molecule has 3 nitrogen and oxygen atoms in total. The Morgan fingerprint density at radius 1 is 1.08 bits per heavy atom. The zero-order chi connectivity index (χ0) is 18.3. The molecule has 0 aromatic heterocycles. The number of nitrogens with zero attached hydrogens (tertiary/aromatic N) is 2. The highest BCUT2D eigenvalue weighted by molar-refractivity contribution is 5.19. The molecule has 1 saturated carbocycles. The molecular formula is C20H27F3N2O. The third kappa shape index (κ3) is 3.27. The van der Waals surface area contributed by atoms with Crippen molar-refractivity contribution in [2.24, 2.45) is 11.3 Å². The second-order valence-electron chi connectivity index (χ2n) is 8.41. The summed E-state index contributed by atoms with van der Waals surface area (Å²) < 4.78 is 40.0. The Morgan fingerprint density at radius 3 is 2.27 bits per heavy atom. The minimum absolute atomic E-state index is 0.167. The van der Waals surface area contributed by atoms with Crippen molar-refractivity contribution in [1.29, 1.82) is 0 Å². The summed E-state index contributed by atoms with van der Waals surface area (Å²) in [6.45, 7) is 4.41. The van der Waals surface area contributed by atoms with Gasteiger partial charge in [-0.15, -0.1) is 0 Å². The van der Waals surface area contributed by atoms with E-state index in [0.29, 0.717) is 24.1 Å². The molecule has 1 aliphatic carbocycles. The Kier molecular flexibility index (Phi) is 5.01. The summed E-state index contributed by atoms with van der Waals surface area (Å²) in [5.41, 5.74) is 0.638. The lowest BCUT2D eigenvalue weighted by Crippen LogP contribution is -2.45. The van der Waals surface area contributed by atoms with Gasteiger partial charge in [-0.05, 0) is 61.9 Å². The molecule has 2 heterocycles. The quantitative estimate of drug-likeness (QED) is 0.827. The highest BCUT2D eigenvalue weighted by Gasteiger charge is 2.49. The molecule has 3 aliphatic rings. The lowest BCUT2D eigenvalue weighted by atomic mass is 9.71. The number of hydrogen-bond donors (Lipinski definition) is 1. The molecule has 144 valence electrons. The van der Waals surface area contributed by atoms with Crippen LogP contribution in [0.5, 0.6) is 0 Å². The number of aliphatic hydroxyl groups excluding tert-OH is 1. The maximum absolute atomic E-state index is 13.4. The van der Waals surface area contributed by atoms with E-state index in [9.17, 15) is 18.3 Å². The van der Waals surface area contributed by atoms with E-state index in [1.54, 1.807) is 0 Å². The van der Waals surface area contributed by atoms with Crippen molar-refractivity contribution in [2.75, 3.05) is 32.8 Å². The number of rotatable bonds is 4. The SMILES string of the molecule is OCC1CN(C2CCC2)CC12CCN(Cc1cc(F)c(F)c(F)c1)CC2. The van der Waals surface area contributed by atoms with Crippen LogP contribution in [0.1, 0.15) is 37.7 Å². The molecule has 1 N–H and O–H groups in total. The molecule has 1 unspecified atom stereocenters. The van der Waals surface area contributed by atoms with Gasteiger partial charge in [-0.25, -0.2) is 13.2 Å². The van der Waals surface area contributed by atoms with Gasteiger partial charge in [0.05, 0.1) is 0 Å². The number of piperidine rings is 1. The van der Waals surface area contributed by atoms with Crippen molar-refractivity contribution in [3.05, 3.63) is 35.1 Å². The zero-order valence-corrected chi connectivity index (χ0v) is 15.1. The van der Waals surface area contributed by atoms with Crippen LogP contribution in [0.2, 0.25) is 0 Å². The van der Waals surface area contributed by atoms with Gasteiger partial charge in [0.15, 0.2) is 17.5 Å². The summed E-state index contributed by atoms with van der Waals surface area (Å²) in [6, 6.07) is 2.88. The predicted molar refractivity (Wildman–Crippen MR) is 93.0 cm³/mol. The Labute approximate surface area is 152 Å². The molecule has 2 aliphatic heterocycles. The largest absolute Gasteiger partial charge is 0.396 e. The van der Waals surface area contributed by atoms with Crippen LogP contribution in [0.25, 0.3) is 0 Å². The van der Waals surface area contributed by atoms with Crippen LogP contribution in [0.15, 0.2) is 12.1 Å². The number of aliphatic hydroxyl groups is 1. The Bertz CT molecular complexity index is 633. The number of benzene rings is 1. The first-order valence-electron chi connectivity index (χ1n) is 9.71. The highest BCUT2D eigenvalue weighted by Crippen LogP contribution is 2.47. The molecule has 26 heavy (non-hydrogen) atoms. The molecule has 0 bridgehead atoms. The fourth-order valence-electron chi connectivity index (χ4n) is 5.04. The smallest absolute Gasteiger partial charge is 0.194 e. The summed E-state index contributed by atoms with van der Waals surface area (Å²) in [6.07, 6.45) is 5.86. The van der Waals surface area contributed by atoms with Gasteiger partial charge in [0.2, 0.25) is 0 Å². The van der Waals surface area contributed by atoms with E-state index in [4.69, 9.17) is 0 Å². The third-order valence-corrected chi connectivity index (χ3v) is 6.95. The van der Waals surface area contributed by atoms with E-state index >= 15 is 0 Å². The average molecular weight is 368 g/mol. The van der Waals surface area contributed by atoms with Gasteiger partial charge in [-0.1, -0.05) is 6.42 Å². The molecule has 1 aromatic rings. The van der Waals surface area contributed by atoms with Gasteiger partial charge >= 0.3 is 0 Å². The lowest BCUT2D eigenvalue weighted by Gasteiger charge is -2.43. The van der Waals surface area contributed by atoms with Gasteiger partial charge in [-0.3, -0.25) is 9.80 Å². The summed E-state index contributed by atoms with van der Waals surface area (Å²) in [4.78, 5) is 4.75. The van der Waals surface area contributed by atoms with Gasteiger partial charge in [0.1, 0.15) is 0 Å². The second kappa shape index (κ2) is 7.13. The van der Waals surface area contributed by atoms with Crippen LogP contribution < -0.4 is 0 Å². The van der Waals surface area contributed by atoms with Crippen LogP contribution in [-0.2, 0) is 6.54 Å². The van der Waals surface area contributed by atoms with Crippen LogP contribution in [0.4, 0.5) is 13.2 Å². The number of halogens is 3. The summed E-state index contributed by atoms with van der Waals surface area (Å²) in [5.74, 6) is -3.33.